The molecule has 3 rings (SSSR count). The maximum Gasteiger partial charge on any atom is 0.188 e. The highest BCUT2D eigenvalue weighted by molar-refractivity contribution is 6.31. The lowest BCUT2D eigenvalue weighted by Gasteiger charge is -2.04. The second-order valence-electron chi connectivity index (χ2n) is 4.66. The molecule has 0 aliphatic heterocycles. The van der Waals surface area contributed by atoms with E-state index >= 15 is 0 Å². The number of ketones is 1. The number of hydrogen-bond donors (Lipinski definition) is 1. The highest BCUT2D eigenvalue weighted by Gasteiger charge is 2.07. The molecule has 0 radical (unpaired) electrons. The van der Waals surface area contributed by atoms with Crippen LogP contribution in [0, 0.1) is 0 Å². The van der Waals surface area contributed by atoms with Gasteiger partial charge in [-0.2, -0.15) is 0 Å². The second-order valence-corrected chi connectivity index (χ2v) is 5.09. The number of Topliss-reactive ketones (excluding diaryl/α,β-unsaturated/α-hetero) is 1. The summed E-state index contributed by atoms with van der Waals surface area (Å²) in [7, 11) is 0. The lowest BCUT2D eigenvalue weighted by Crippen LogP contribution is -2.05. The zero-order valence-corrected chi connectivity index (χ0v) is 11.8. The first-order valence-electron chi connectivity index (χ1n) is 6.39. The van der Waals surface area contributed by atoms with Gasteiger partial charge in [0, 0.05) is 10.6 Å². The van der Waals surface area contributed by atoms with E-state index in [2.05, 4.69) is 10.3 Å². The van der Waals surface area contributed by atoms with E-state index in [1.807, 2.05) is 18.2 Å². The summed E-state index contributed by atoms with van der Waals surface area (Å²) in [5.74, 6) is -0.289. The first-order chi connectivity index (χ1) is 10.2. The van der Waals surface area contributed by atoms with Crippen LogP contribution in [0.3, 0.4) is 0 Å². The average molecular weight is 302 g/mol. The van der Waals surface area contributed by atoms with Crippen LogP contribution in [0.15, 0.2) is 42.5 Å². The van der Waals surface area contributed by atoms with Crippen LogP contribution < -0.4 is 0 Å². The van der Waals surface area contributed by atoms with E-state index in [1.54, 1.807) is 28.9 Å². The first kappa shape index (κ1) is 13.7. The van der Waals surface area contributed by atoms with E-state index < -0.39 is 6.61 Å². The van der Waals surface area contributed by atoms with Crippen molar-refractivity contribution in [1.29, 1.82) is 0 Å². The molecule has 6 heteroatoms. The maximum atomic E-state index is 11.4. The molecule has 1 aromatic heterocycles. The van der Waals surface area contributed by atoms with E-state index in [-0.39, 0.29) is 5.78 Å². The Hall–Kier alpha value is -2.24. The van der Waals surface area contributed by atoms with Gasteiger partial charge in [-0.15, -0.1) is 5.10 Å². The van der Waals surface area contributed by atoms with E-state index in [0.717, 1.165) is 16.6 Å². The number of aliphatic hydroxyl groups excluding tert-OH is 1. The molecule has 0 unspecified atom stereocenters. The van der Waals surface area contributed by atoms with Gasteiger partial charge in [0.2, 0.25) is 0 Å². The number of halogens is 1. The summed E-state index contributed by atoms with van der Waals surface area (Å²) in [6.07, 6.45) is 0. The standard InChI is InChI=1S/C15H12ClN3O2/c16-12-5-6-14-13(7-12)17-18-19(14)8-10-1-3-11(4-2-10)15(21)9-20/h1-7,20H,8-9H2. The van der Waals surface area contributed by atoms with E-state index in [9.17, 15) is 4.79 Å². The van der Waals surface area contributed by atoms with Gasteiger partial charge in [-0.1, -0.05) is 41.1 Å². The number of rotatable bonds is 4. The van der Waals surface area contributed by atoms with Gasteiger partial charge in [-0.25, -0.2) is 4.68 Å². The Morgan fingerprint density at radius 1 is 1.19 bits per heavy atom. The third-order valence-corrected chi connectivity index (χ3v) is 3.46. The maximum absolute atomic E-state index is 11.4. The molecule has 0 atom stereocenters. The predicted molar refractivity (Wildman–Crippen MR) is 79.5 cm³/mol. The molecule has 21 heavy (non-hydrogen) atoms. The quantitative estimate of drug-likeness (QED) is 0.751. The predicted octanol–water partition coefficient (Wildman–Crippen LogP) is 2.31. The second kappa shape index (κ2) is 5.63. The molecule has 0 amide bonds. The van der Waals surface area contributed by atoms with Crippen LogP contribution in [0.2, 0.25) is 5.02 Å². The molecule has 0 saturated carbocycles. The number of nitrogens with zero attached hydrogens (tertiary/aromatic N) is 3. The van der Waals surface area contributed by atoms with E-state index in [0.29, 0.717) is 17.1 Å². The number of aromatic nitrogens is 3. The van der Waals surface area contributed by atoms with E-state index in [4.69, 9.17) is 16.7 Å². The normalized spacial score (nSPS) is 11.0. The van der Waals surface area contributed by atoms with Crippen LogP contribution in [-0.2, 0) is 6.54 Å². The van der Waals surface area contributed by atoms with Gasteiger partial charge in [0.05, 0.1) is 12.1 Å². The van der Waals surface area contributed by atoms with Crippen molar-refractivity contribution in [3.63, 3.8) is 0 Å². The Morgan fingerprint density at radius 3 is 2.67 bits per heavy atom. The van der Waals surface area contributed by atoms with Crippen LogP contribution in [0.5, 0.6) is 0 Å². The van der Waals surface area contributed by atoms with Crippen LogP contribution in [0.1, 0.15) is 15.9 Å². The Labute approximate surface area is 125 Å². The smallest absolute Gasteiger partial charge is 0.188 e. The SMILES string of the molecule is O=C(CO)c1ccc(Cn2nnc3cc(Cl)ccc32)cc1. The molecule has 0 spiro atoms. The summed E-state index contributed by atoms with van der Waals surface area (Å²) < 4.78 is 1.77. The molecule has 1 N–H and O–H groups in total. The van der Waals surface area contributed by atoms with Crippen molar-refractivity contribution >= 4 is 28.4 Å². The van der Waals surface area contributed by atoms with Gasteiger partial charge >= 0.3 is 0 Å². The summed E-state index contributed by atoms with van der Waals surface area (Å²) in [6, 6.07) is 12.5. The van der Waals surface area contributed by atoms with Crippen molar-refractivity contribution in [3.8, 4) is 0 Å². The minimum Gasteiger partial charge on any atom is -0.388 e. The molecule has 2 aromatic carbocycles. The fraction of sp³-hybridized carbons (Fsp3) is 0.133. The topological polar surface area (TPSA) is 68.0 Å². The van der Waals surface area contributed by atoms with Crippen LogP contribution >= 0.6 is 11.6 Å². The van der Waals surface area contributed by atoms with Crippen molar-refractivity contribution in [2.75, 3.05) is 6.61 Å². The van der Waals surface area contributed by atoms with Gasteiger partial charge in [0.1, 0.15) is 12.1 Å². The molecule has 0 saturated heterocycles. The summed E-state index contributed by atoms with van der Waals surface area (Å²) in [4.78, 5) is 11.4. The summed E-state index contributed by atoms with van der Waals surface area (Å²) >= 11 is 5.92. The molecule has 1 heterocycles. The van der Waals surface area contributed by atoms with Crippen LogP contribution in [-0.4, -0.2) is 32.5 Å². The molecule has 3 aromatic rings. The van der Waals surface area contributed by atoms with Gasteiger partial charge in [-0.3, -0.25) is 4.79 Å². The number of carbonyl (C=O) groups excluding carboxylic acids is 1. The molecular weight excluding hydrogens is 290 g/mol. The third kappa shape index (κ3) is 2.79. The zero-order valence-electron chi connectivity index (χ0n) is 11.0. The van der Waals surface area contributed by atoms with Crippen molar-refractivity contribution < 1.29 is 9.90 Å². The number of benzene rings is 2. The molecule has 0 bridgehead atoms. The van der Waals surface area contributed by atoms with Crippen molar-refractivity contribution in [2.45, 2.75) is 6.54 Å². The third-order valence-electron chi connectivity index (χ3n) is 3.23. The Balaban J connectivity index is 1.86. The summed E-state index contributed by atoms with van der Waals surface area (Å²) in [5, 5.41) is 17.6. The lowest BCUT2D eigenvalue weighted by atomic mass is 10.1. The van der Waals surface area contributed by atoms with Gasteiger partial charge in [-0.05, 0) is 23.8 Å². The number of hydrogen-bond acceptors (Lipinski definition) is 4. The largest absolute Gasteiger partial charge is 0.388 e. The van der Waals surface area contributed by atoms with Gasteiger partial charge in [0.25, 0.3) is 0 Å². The lowest BCUT2D eigenvalue weighted by molar-refractivity contribution is 0.0903. The van der Waals surface area contributed by atoms with Gasteiger partial charge < -0.3 is 5.11 Å². The molecular formula is C15H12ClN3O2. The average Bonchev–Trinajstić information content (AvgIpc) is 2.89. The Morgan fingerprint density at radius 2 is 1.95 bits per heavy atom. The molecule has 0 aliphatic carbocycles. The summed E-state index contributed by atoms with van der Waals surface area (Å²) in [6.45, 7) is 0.0690. The highest BCUT2D eigenvalue weighted by Crippen LogP contribution is 2.18. The molecule has 0 fully saturated rings. The Bertz CT molecular complexity index is 796. The summed E-state index contributed by atoms with van der Waals surface area (Å²) in [5.41, 5.74) is 3.13. The van der Waals surface area contributed by atoms with Crippen molar-refractivity contribution in [1.82, 2.24) is 15.0 Å². The minimum absolute atomic E-state index is 0.289. The van der Waals surface area contributed by atoms with Gasteiger partial charge in [0.15, 0.2) is 5.78 Å². The number of carbonyl (C=O) groups is 1. The van der Waals surface area contributed by atoms with Crippen LogP contribution in [0.4, 0.5) is 0 Å². The van der Waals surface area contributed by atoms with E-state index in [1.165, 1.54) is 0 Å². The van der Waals surface area contributed by atoms with Crippen LogP contribution in [0.25, 0.3) is 11.0 Å². The molecule has 5 nitrogen and oxygen atoms in total. The monoisotopic (exact) mass is 301 g/mol. The zero-order chi connectivity index (χ0) is 14.8. The van der Waals surface area contributed by atoms with Crippen molar-refractivity contribution in [3.05, 3.63) is 58.6 Å². The highest BCUT2D eigenvalue weighted by atomic mass is 35.5. The number of aliphatic hydroxyl groups is 1. The number of fused-ring (bicyclic) bond motifs is 1. The van der Waals surface area contributed by atoms with Crippen molar-refractivity contribution in [2.24, 2.45) is 0 Å². The fourth-order valence-electron chi connectivity index (χ4n) is 2.12. The Kier molecular flexibility index (Phi) is 3.68. The fourth-order valence-corrected chi connectivity index (χ4v) is 2.29. The molecule has 0 aliphatic rings. The minimum atomic E-state index is -0.478. The molecule has 106 valence electrons. The first-order valence-corrected chi connectivity index (χ1v) is 6.77.